The molecule has 0 radical (unpaired) electrons. The predicted molar refractivity (Wildman–Crippen MR) is 137 cm³/mol. The van der Waals surface area contributed by atoms with E-state index in [1.54, 1.807) is 14.1 Å². The van der Waals surface area contributed by atoms with E-state index in [0.717, 1.165) is 75.4 Å². The van der Waals surface area contributed by atoms with E-state index in [2.05, 4.69) is 64.5 Å². The second-order valence-electron chi connectivity index (χ2n) is 8.54. The first-order chi connectivity index (χ1) is 16.1. The Kier molecular flexibility index (Phi) is 9.84. The third-order valence-corrected chi connectivity index (χ3v) is 6.15. The number of hydrogen-bond donors (Lipinski definition) is 2. The van der Waals surface area contributed by atoms with Crippen LogP contribution in [0.5, 0.6) is 0 Å². The zero-order valence-corrected chi connectivity index (χ0v) is 20.8. The molecule has 2 fully saturated rings. The lowest BCUT2D eigenvalue weighted by Gasteiger charge is -2.31. The van der Waals surface area contributed by atoms with Gasteiger partial charge in [0.2, 0.25) is 0 Å². The van der Waals surface area contributed by atoms with E-state index in [0.29, 0.717) is 0 Å². The van der Waals surface area contributed by atoms with E-state index in [1.165, 1.54) is 5.70 Å². The average molecular weight is 457 g/mol. The van der Waals surface area contributed by atoms with Crippen LogP contribution in [-0.4, -0.2) is 94.4 Å². The Morgan fingerprint density at radius 2 is 2.06 bits per heavy atom. The molecule has 2 saturated heterocycles. The molecule has 0 amide bonds. The van der Waals surface area contributed by atoms with Crippen molar-refractivity contribution in [1.29, 1.82) is 0 Å². The van der Waals surface area contributed by atoms with Crippen LogP contribution in [0.25, 0.3) is 0 Å². The number of aliphatic imine (C=N–C) groups is 3. The lowest BCUT2D eigenvalue weighted by Crippen LogP contribution is -2.53. The van der Waals surface area contributed by atoms with Gasteiger partial charge in [0.15, 0.2) is 5.84 Å². The lowest BCUT2D eigenvalue weighted by molar-refractivity contribution is 0.0123. The van der Waals surface area contributed by atoms with Crippen molar-refractivity contribution in [3.8, 4) is 0 Å². The highest BCUT2D eigenvalue weighted by Gasteiger charge is 2.27. The van der Waals surface area contributed by atoms with Crippen LogP contribution >= 0.6 is 0 Å². The molecule has 3 aliphatic heterocycles. The summed E-state index contributed by atoms with van der Waals surface area (Å²) in [6.45, 7) is 12.3. The molecule has 8 nitrogen and oxygen atoms in total. The third-order valence-electron chi connectivity index (χ3n) is 6.15. The number of hydrogen-bond acceptors (Lipinski definition) is 8. The molecule has 3 aliphatic rings. The standard InChI is InChI=1S/C25H40N6O2/c1-6-7-20(31-11-14-32-15-12-31)9-8-18(2)21-16-22(26-4)24(27-5)25(30-21)29-19(3)23-17-28-10-13-33-23/h7-9,16,18-19,23,28H,6,10-15,17H2,1-5H3,(H,29,30)/b9-8-,20-7+,26-22-,27-24+/t18?,19?,23-/m1/s1. The first-order valence-electron chi connectivity index (χ1n) is 12.1. The minimum atomic E-state index is 0.0866. The molecule has 0 aromatic heterocycles. The van der Waals surface area contributed by atoms with Crippen molar-refractivity contribution in [2.75, 3.05) is 60.1 Å². The van der Waals surface area contributed by atoms with Gasteiger partial charge in [0.1, 0.15) is 5.71 Å². The summed E-state index contributed by atoms with van der Waals surface area (Å²) >= 11 is 0. The van der Waals surface area contributed by atoms with Crippen LogP contribution in [0.3, 0.4) is 0 Å². The van der Waals surface area contributed by atoms with E-state index in [1.807, 2.05) is 6.08 Å². The monoisotopic (exact) mass is 456 g/mol. The summed E-state index contributed by atoms with van der Waals surface area (Å²) in [5, 5.41) is 6.94. The smallest absolute Gasteiger partial charge is 0.154 e. The topological polar surface area (TPSA) is 82.8 Å². The van der Waals surface area contributed by atoms with Crippen molar-refractivity contribution < 1.29 is 9.47 Å². The maximum atomic E-state index is 5.93. The summed E-state index contributed by atoms with van der Waals surface area (Å²) < 4.78 is 11.4. The SMILES string of the molecule is CC/C=C(\C=C/C(C)C1=CC(=N/C)/C(=N\C)C(NC(C)[C@H]2CNCCO2)=N1)N1CCOCC1. The molecule has 3 atom stereocenters. The zero-order chi connectivity index (χ0) is 23.6. The molecule has 0 bridgehead atoms. The summed E-state index contributed by atoms with van der Waals surface area (Å²) in [7, 11) is 3.59. The Hall–Kier alpha value is -2.29. The Labute approximate surface area is 198 Å². The quantitative estimate of drug-likeness (QED) is 0.574. The van der Waals surface area contributed by atoms with Crippen LogP contribution < -0.4 is 10.6 Å². The lowest BCUT2D eigenvalue weighted by atomic mass is 10.00. The zero-order valence-electron chi connectivity index (χ0n) is 20.8. The molecule has 0 saturated carbocycles. The summed E-state index contributed by atoms with van der Waals surface area (Å²) in [6.07, 6.45) is 9.86. The van der Waals surface area contributed by atoms with Gasteiger partial charge < -0.3 is 25.0 Å². The van der Waals surface area contributed by atoms with Crippen LogP contribution in [-0.2, 0) is 9.47 Å². The van der Waals surface area contributed by atoms with Crippen LogP contribution in [0.1, 0.15) is 27.2 Å². The van der Waals surface area contributed by atoms with Gasteiger partial charge in [-0.15, -0.1) is 0 Å². The minimum Gasteiger partial charge on any atom is -0.378 e. The van der Waals surface area contributed by atoms with Gasteiger partial charge in [-0.25, -0.2) is 4.99 Å². The number of ether oxygens (including phenoxy) is 2. The van der Waals surface area contributed by atoms with Gasteiger partial charge in [0, 0.05) is 51.9 Å². The number of amidine groups is 1. The first kappa shape index (κ1) is 25.3. The van der Waals surface area contributed by atoms with E-state index in [9.17, 15) is 0 Å². The van der Waals surface area contributed by atoms with Gasteiger partial charge in [-0.2, -0.15) is 0 Å². The summed E-state index contributed by atoms with van der Waals surface area (Å²) in [4.78, 5) is 16.3. The maximum Gasteiger partial charge on any atom is 0.154 e. The number of rotatable bonds is 7. The molecular formula is C25H40N6O2. The van der Waals surface area contributed by atoms with Crippen molar-refractivity contribution in [2.45, 2.75) is 39.3 Å². The van der Waals surface area contributed by atoms with E-state index < -0.39 is 0 Å². The van der Waals surface area contributed by atoms with Crippen molar-refractivity contribution in [1.82, 2.24) is 15.5 Å². The minimum absolute atomic E-state index is 0.0866. The molecule has 3 heterocycles. The maximum absolute atomic E-state index is 5.93. The van der Waals surface area contributed by atoms with Gasteiger partial charge in [-0.3, -0.25) is 9.98 Å². The third kappa shape index (κ3) is 6.85. The second-order valence-corrected chi connectivity index (χ2v) is 8.54. The molecule has 182 valence electrons. The molecule has 33 heavy (non-hydrogen) atoms. The molecular weight excluding hydrogens is 416 g/mol. The highest BCUT2D eigenvalue weighted by Crippen LogP contribution is 2.21. The number of nitrogens with one attached hydrogen (secondary N) is 2. The Morgan fingerprint density at radius 3 is 2.70 bits per heavy atom. The summed E-state index contributed by atoms with van der Waals surface area (Å²) in [5.41, 5.74) is 3.85. The molecule has 0 aliphatic carbocycles. The van der Waals surface area contributed by atoms with E-state index in [4.69, 9.17) is 14.5 Å². The van der Waals surface area contributed by atoms with Crippen molar-refractivity contribution >= 4 is 17.3 Å². The first-order valence-corrected chi connectivity index (χ1v) is 12.1. The van der Waals surface area contributed by atoms with Crippen LogP contribution in [0.4, 0.5) is 0 Å². The number of morpholine rings is 2. The molecule has 0 aromatic rings. The van der Waals surface area contributed by atoms with Crippen LogP contribution in [0.15, 0.2) is 50.7 Å². The predicted octanol–water partition coefficient (Wildman–Crippen LogP) is 2.21. The fourth-order valence-corrected chi connectivity index (χ4v) is 4.16. The van der Waals surface area contributed by atoms with Gasteiger partial charge >= 0.3 is 0 Å². The fraction of sp³-hybridized carbons (Fsp3) is 0.640. The Bertz CT molecular complexity index is 830. The van der Waals surface area contributed by atoms with Crippen molar-refractivity contribution in [2.24, 2.45) is 20.9 Å². The van der Waals surface area contributed by atoms with Crippen LogP contribution in [0.2, 0.25) is 0 Å². The molecule has 8 heteroatoms. The van der Waals surface area contributed by atoms with Crippen molar-refractivity contribution in [3.05, 3.63) is 35.7 Å². The number of allylic oxidation sites excluding steroid dienone is 4. The molecule has 2 N–H and O–H groups in total. The van der Waals surface area contributed by atoms with E-state index in [-0.39, 0.29) is 18.1 Å². The summed E-state index contributed by atoms with van der Waals surface area (Å²) in [6, 6.07) is 0.0945. The van der Waals surface area contributed by atoms with Crippen molar-refractivity contribution in [3.63, 3.8) is 0 Å². The highest BCUT2D eigenvalue weighted by atomic mass is 16.5. The molecule has 0 aromatic carbocycles. The van der Waals surface area contributed by atoms with Gasteiger partial charge in [-0.05, 0) is 25.5 Å². The van der Waals surface area contributed by atoms with Crippen LogP contribution in [0, 0.1) is 5.92 Å². The largest absolute Gasteiger partial charge is 0.378 e. The second kappa shape index (κ2) is 12.8. The normalized spacial score (nSPS) is 27.0. The highest BCUT2D eigenvalue weighted by molar-refractivity contribution is 6.71. The molecule has 3 rings (SSSR count). The van der Waals surface area contributed by atoms with Gasteiger partial charge in [0.25, 0.3) is 0 Å². The average Bonchev–Trinajstić information content (AvgIpc) is 2.86. The Morgan fingerprint density at radius 1 is 1.27 bits per heavy atom. The molecule has 0 spiro atoms. The fourth-order valence-electron chi connectivity index (χ4n) is 4.16. The molecule has 2 unspecified atom stereocenters. The Balaban J connectivity index is 1.78. The summed E-state index contributed by atoms with van der Waals surface area (Å²) in [5.74, 6) is 0.885. The van der Waals surface area contributed by atoms with E-state index >= 15 is 0 Å². The van der Waals surface area contributed by atoms with Gasteiger partial charge in [0.05, 0.1) is 43.4 Å². The number of nitrogens with zero attached hydrogens (tertiary/aromatic N) is 4. The van der Waals surface area contributed by atoms with Gasteiger partial charge in [-0.1, -0.05) is 26.0 Å².